The first kappa shape index (κ1) is 19.7. The van der Waals surface area contributed by atoms with E-state index >= 15 is 0 Å². The van der Waals surface area contributed by atoms with E-state index in [1.165, 1.54) is 43.1 Å². The second-order valence-electron chi connectivity index (χ2n) is 7.07. The summed E-state index contributed by atoms with van der Waals surface area (Å²) in [6.45, 7) is 11.0. The smallest absolute Gasteiger partial charge is 0.174 e. The van der Waals surface area contributed by atoms with Gasteiger partial charge in [0, 0.05) is 7.11 Å². The van der Waals surface area contributed by atoms with Crippen molar-refractivity contribution < 1.29 is 9.84 Å². The largest absolute Gasteiger partial charge is 0.365 e. The number of rotatable bonds is 6. The molecule has 0 saturated heterocycles. The average molecular weight is 316 g/mol. The lowest BCUT2D eigenvalue weighted by atomic mass is 9.72. The zero-order valence-corrected chi connectivity index (χ0v) is 15.5. The number of hydrogen-bond donors (Lipinski definition) is 1. The zero-order chi connectivity index (χ0) is 17.5. The van der Waals surface area contributed by atoms with Gasteiger partial charge in [-0.2, -0.15) is 0 Å². The third kappa shape index (κ3) is 6.72. The van der Waals surface area contributed by atoms with Crippen LogP contribution in [-0.2, 0) is 4.74 Å². The molecule has 0 heterocycles. The van der Waals surface area contributed by atoms with Crippen LogP contribution < -0.4 is 0 Å². The van der Waals surface area contributed by atoms with Crippen LogP contribution in [-0.4, -0.2) is 18.5 Å². The van der Waals surface area contributed by atoms with Gasteiger partial charge in [-0.3, -0.25) is 0 Å². The molecule has 0 aromatic carbocycles. The van der Waals surface area contributed by atoms with E-state index in [0.717, 1.165) is 5.57 Å². The summed E-state index contributed by atoms with van der Waals surface area (Å²) in [6.07, 6.45) is 15.1. The molecule has 128 valence electrons. The fourth-order valence-corrected chi connectivity index (χ4v) is 2.98. The van der Waals surface area contributed by atoms with Crippen molar-refractivity contribution in [2.24, 2.45) is 5.41 Å². The Morgan fingerprint density at radius 3 is 2.52 bits per heavy atom. The van der Waals surface area contributed by atoms with Crippen molar-refractivity contribution in [2.75, 3.05) is 7.11 Å². The fourth-order valence-electron chi connectivity index (χ4n) is 2.98. The molecule has 0 aromatic rings. The van der Waals surface area contributed by atoms with Gasteiger partial charge < -0.3 is 9.84 Å². The molecule has 2 nitrogen and oxygen atoms in total. The summed E-state index contributed by atoms with van der Waals surface area (Å²) in [5.74, 6) is 0. The van der Waals surface area contributed by atoms with Gasteiger partial charge in [-0.25, -0.2) is 0 Å². The van der Waals surface area contributed by atoms with E-state index in [1.54, 1.807) is 6.08 Å². The molecule has 2 heteroatoms. The molecule has 0 fully saturated rings. The molecule has 0 aliphatic heterocycles. The van der Waals surface area contributed by atoms with Crippen molar-refractivity contribution in [1.29, 1.82) is 0 Å². The van der Waals surface area contributed by atoms with Crippen LogP contribution in [0.5, 0.6) is 0 Å². The molecule has 0 saturated carbocycles. The maximum absolute atomic E-state index is 9.38. The minimum absolute atomic E-state index is 0.282. The topological polar surface area (TPSA) is 29.5 Å². The highest BCUT2D eigenvalue weighted by molar-refractivity contribution is 5.37. The van der Waals surface area contributed by atoms with Gasteiger partial charge in [0.25, 0.3) is 0 Å². The summed E-state index contributed by atoms with van der Waals surface area (Å²) in [4.78, 5) is 0. The highest BCUT2D eigenvalue weighted by Crippen LogP contribution is 2.40. The molecule has 0 amide bonds. The van der Waals surface area contributed by atoms with E-state index < -0.39 is 6.29 Å². The predicted octanol–water partition coefficient (Wildman–Crippen LogP) is 5.48. The molecule has 1 rings (SSSR count). The fraction of sp³-hybridized carbons (Fsp3) is 0.524. The quantitative estimate of drug-likeness (QED) is 0.519. The first-order valence-electron chi connectivity index (χ1n) is 8.39. The second-order valence-corrected chi connectivity index (χ2v) is 7.07. The van der Waals surface area contributed by atoms with E-state index in [1.807, 2.05) is 19.1 Å². The lowest BCUT2D eigenvalue weighted by molar-refractivity contribution is -0.0360. The number of allylic oxidation sites excluding steroid dienone is 9. The van der Waals surface area contributed by atoms with Crippen LogP contribution in [0.25, 0.3) is 0 Å². The van der Waals surface area contributed by atoms with E-state index in [9.17, 15) is 5.11 Å². The first-order valence-corrected chi connectivity index (χ1v) is 8.39. The van der Waals surface area contributed by atoms with Crippen molar-refractivity contribution in [3.05, 3.63) is 58.7 Å². The molecule has 1 N–H and O–H groups in total. The van der Waals surface area contributed by atoms with E-state index in [2.05, 4.69) is 45.9 Å². The molecule has 1 aliphatic carbocycles. The lowest BCUT2D eigenvalue weighted by Crippen LogP contribution is -2.19. The molecule has 1 unspecified atom stereocenters. The maximum atomic E-state index is 9.38. The zero-order valence-electron chi connectivity index (χ0n) is 15.5. The maximum Gasteiger partial charge on any atom is 0.174 e. The lowest BCUT2D eigenvalue weighted by Gasteiger charge is -2.32. The number of aliphatic hydroxyl groups is 1. The van der Waals surface area contributed by atoms with Crippen LogP contribution >= 0.6 is 0 Å². The number of ether oxygens (including phenoxy) is 1. The highest BCUT2D eigenvalue weighted by Gasteiger charge is 2.26. The molecule has 0 spiro atoms. The van der Waals surface area contributed by atoms with Gasteiger partial charge in [-0.05, 0) is 57.1 Å². The van der Waals surface area contributed by atoms with Crippen molar-refractivity contribution in [1.82, 2.24) is 0 Å². The number of aliphatic hydroxyl groups excluding tert-OH is 1. The third-order valence-corrected chi connectivity index (χ3v) is 4.42. The Kier molecular flexibility index (Phi) is 7.74. The molecule has 0 radical (unpaired) electrons. The van der Waals surface area contributed by atoms with Crippen molar-refractivity contribution in [3.8, 4) is 0 Å². The Bertz CT molecular complexity index is 542. The highest BCUT2D eigenvalue weighted by atomic mass is 16.6. The van der Waals surface area contributed by atoms with Crippen LogP contribution in [0.1, 0.15) is 53.9 Å². The predicted molar refractivity (Wildman–Crippen MR) is 99.1 cm³/mol. The van der Waals surface area contributed by atoms with Gasteiger partial charge in [0.1, 0.15) is 0 Å². The Balaban J connectivity index is 2.75. The minimum atomic E-state index is -0.840. The molecular formula is C21H32O2. The summed E-state index contributed by atoms with van der Waals surface area (Å²) >= 11 is 0. The summed E-state index contributed by atoms with van der Waals surface area (Å²) in [5, 5.41) is 9.38. The summed E-state index contributed by atoms with van der Waals surface area (Å²) in [5.41, 5.74) is 5.47. The van der Waals surface area contributed by atoms with Gasteiger partial charge in [0.2, 0.25) is 0 Å². The Labute approximate surface area is 141 Å². The van der Waals surface area contributed by atoms with Gasteiger partial charge in [0.05, 0.1) is 0 Å². The van der Waals surface area contributed by atoms with Crippen LogP contribution in [0.3, 0.4) is 0 Å². The van der Waals surface area contributed by atoms with Crippen LogP contribution in [0, 0.1) is 5.41 Å². The number of hydrogen-bond acceptors (Lipinski definition) is 2. The molecule has 23 heavy (non-hydrogen) atoms. The van der Waals surface area contributed by atoms with Crippen molar-refractivity contribution in [2.45, 2.75) is 60.2 Å². The summed E-state index contributed by atoms with van der Waals surface area (Å²) in [6, 6.07) is 0. The Morgan fingerprint density at radius 2 is 1.91 bits per heavy atom. The van der Waals surface area contributed by atoms with E-state index in [0.29, 0.717) is 0 Å². The van der Waals surface area contributed by atoms with Crippen LogP contribution in [0.15, 0.2) is 58.7 Å². The monoisotopic (exact) mass is 316 g/mol. The number of methoxy groups -OCH3 is 1. The standard InChI is InChI=1S/C21H32O2/c1-16(9-7-10-17(2)15-20(22)23-6)12-13-19-18(3)11-8-14-21(19,4)5/h7,9-10,12-13,15,20,22H,8,11,14H2,1-6H3/b10-7+,13-12-,16-9-,17-15-. The van der Waals surface area contributed by atoms with Crippen LogP contribution in [0.2, 0.25) is 0 Å². The summed E-state index contributed by atoms with van der Waals surface area (Å²) in [7, 11) is 1.48. The molecular weight excluding hydrogens is 284 g/mol. The molecule has 0 aromatic heterocycles. The van der Waals surface area contributed by atoms with Gasteiger partial charge in [0.15, 0.2) is 6.29 Å². The van der Waals surface area contributed by atoms with Crippen molar-refractivity contribution >= 4 is 0 Å². The average Bonchev–Trinajstić information content (AvgIpc) is 2.45. The van der Waals surface area contributed by atoms with Crippen LogP contribution in [0.4, 0.5) is 0 Å². The van der Waals surface area contributed by atoms with Gasteiger partial charge >= 0.3 is 0 Å². The van der Waals surface area contributed by atoms with Gasteiger partial charge in [-0.1, -0.05) is 60.9 Å². The Hall–Kier alpha value is -1.38. The second kappa shape index (κ2) is 9.05. The van der Waals surface area contributed by atoms with E-state index in [4.69, 9.17) is 4.74 Å². The normalized spacial score (nSPS) is 21.5. The Morgan fingerprint density at radius 1 is 1.22 bits per heavy atom. The third-order valence-electron chi connectivity index (χ3n) is 4.42. The minimum Gasteiger partial charge on any atom is -0.365 e. The first-order chi connectivity index (χ1) is 10.8. The summed E-state index contributed by atoms with van der Waals surface area (Å²) < 4.78 is 4.80. The molecule has 0 bridgehead atoms. The molecule has 1 atom stereocenters. The molecule has 1 aliphatic rings. The van der Waals surface area contributed by atoms with E-state index in [-0.39, 0.29) is 5.41 Å². The van der Waals surface area contributed by atoms with Crippen molar-refractivity contribution in [3.63, 3.8) is 0 Å². The SMILES string of the molecule is COC(O)\C=C(C)/C=C/C=C(C)\C=C/C1=C(C)CCCC1(C)C. The van der Waals surface area contributed by atoms with Gasteiger partial charge in [-0.15, -0.1) is 0 Å².